The number of piperidine rings is 2. The first-order valence-corrected chi connectivity index (χ1v) is 13.6. The van der Waals surface area contributed by atoms with Crippen LogP contribution in [0.2, 0.25) is 0 Å². The van der Waals surface area contributed by atoms with Gasteiger partial charge in [-0.05, 0) is 75.8 Å². The van der Waals surface area contributed by atoms with Gasteiger partial charge < -0.3 is 9.30 Å². The van der Waals surface area contributed by atoms with Gasteiger partial charge in [0, 0.05) is 24.2 Å². The lowest BCUT2D eigenvalue weighted by atomic mass is 9.68. The normalized spacial score (nSPS) is 33.6. The van der Waals surface area contributed by atoms with E-state index in [0.29, 0.717) is 17.6 Å². The third-order valence-corrected chi connectivity index (χ3v) is 9.16. The molecule has 2 aromatic rings. The van der Waals surface area contributed by atoms with E-state index in [1.165, 1.54) is 57.8 Å². The van der Waals surface area contributed by atoms with Crippen LogP contribution in [0.4, 0.5) is 0 Å². The summed E-state index contributed by atoms with van der Waals surface area (Å²) in [5.41, 5.74) is 1.16. The molecule has 6 heteroatoms. The fourth-order valence-electron chi connectivity index (χ4n) is 7.98. The number of benzene rings is 1. The highest BCUT2D eigenvalue weighted by Gasteiger charge is 2.45. The molecule has 34 heavy (non-hydrogen) atoms. The van der Waals surface area contributed by atoms with E-state index >= 15 is 0 Å². The number of rotatable bonds is 4. The molecule has 182 valence electrons. The molecule has 4 aliphatic rings. The second kappa shape index (κ2) is 9.10. The molecule has 0 spiro atoms. The molecule has 4 bridgehead atoms. The van der Waals surface area contributed by atoms with Gasteiger partial charge in [-0.15, -0.1) is 0 Å². The molecule has 0 radical (unpaired) electrons. The van der Waals surface area contributed by atoms with Gasteiger partial charge in [-0.25, -0.2) is 9.78 Å². The summed E-state index contributed by atoms with van der Waals surface area (Å²) in [5.74, 6) is 1.24. The second-order valence-corrected chi connectivity index (χ2v) is 11.2. The largest absolute Gasteiger partial charge is 0.461 e. The van der Waals surface area contributed by atoms with Crippen LogP contribution in [0, 0.1) is 11.8 Å². The third kappa shape index (κ3) is 3.88. The summed E-state index contributed by atoms with van der Waals surface area (Å²) < 4.78 is 7.08. The lowest BCUT2D eigenvalue weighted by Gasteiger charge is -2.55. The Morgan fingerprint density at radius 2 is 1.59 bits per heavy atom. The average Bonchev–Trinajstić information content (AvgIpc) is 2.82. The molecule has 1 aromatic heterocycles. The fraction of sp³-hybridized carbons (Fsp3) is 0.679. The Balaban J connectivity index is 1.34. The number of hydrogen-bond donors (Lipinski definition) is 0. The Labute approximate surface area is 201 Å². The molecule has 6 nitrogen and oxygen atoms in total. The highest BCUT2D eigenvalue weighted by molar-refractivity contribution is 5.89. The number of para-hydroxylation sites is 2. The second-order valence-electron chi connectivity index (χ2n) is 11.2. The summed E-state index contributed by atoms with van der Waals surface area (Å²) in [6, 6.07) is 9.63. The Bertz CT molecular complexity index is 1100. The minimum atomic E-state index is -0.613. The molecule has 0 N–H and O–H groups in total. The third-order valence-electron chi connectivity index (χ3n) is 9.16. The summed E-state index contributed by atoms with van der Waals surface area (Å²) in [7, 11) is 0. The van der Waals surface area contributed by atoms with Crippen molar-refractivity contribution in [2.75, 3.05) is 6.61 Å². The Morgan fingerprint density at radius 3 is 2.29 bits per heavy atom. The topological polar surface area (TPSA) is 64.4 Å². The number of hydrogen-bond acceptors (Lipinski definition) is 5. The summed E-state index contributed by atoms with van der Waals surface area (Å²) in [6.07, 6.45) is 14.2. The molecular weight excluding hydrogens is 426 g/mol. The minimum absolute atomic E-state index is 0.0757. The van der Waals surface area contributed by atoms with Crippen molar-refractivity contribution in [1.29, 1.82) is 0 Å². The summed E-state index contributed by atoms with van der Waals surface area (Å²) in [4.78, 5) is 33.5. The summed E-state index contributed by atoms with van der Waals surface area (Å²) >= 11 is 0. The first-order valence-electron chi connectivity index (χ1n) is 13.6. The van der Waals surface area contributed by atoms with Crippen LogP contribution in [0.15, 0.2) is 29.1 Å². The van der Waals surface area contributed by atoms with Gasteiger partial charge in [0.2, 0.25) is 5.69 Å². The van der Waals surface area contributed by atoms with Crippen LogP contribution < -0.4 is 5.56 Å². The van der Waals surface area contributed by atoms with Gasteiger partial charge in [0.05, 0.1) is 17.6 Å². The molecule has 2 saturated heterocycles. The van der Waals surface area contributed by atoms with Gasteiger partial charge in [-0.2, -0.15) is 0 Å². The van der Waals surface area contributed by atoms with E-state index in [4.69, 9.17) is 4.74 Å². The van der Waals surface area contributed by atoms with Crippen LogP contribution in [0.3, 0.4) is 0 Å². The number of carbonyl (C=O) groups excluding carboxylic acids is 1. The molecule has 5 atom stereocenters. The fourth-order valence-corrected chi connectivity index (χ4v) is 7.98. The van der Waals surface area contributed by atoms with E-state index in [-0.39, 0.29) is 23.9 Å². The van der Waals surface area contributed by atoms with E-state index in [1.807, 2.05) is 28.8 Å². The highest BCUT2D eigenvalue weighted by atomic mass is 16.5. The minimum Gasteiger partial charge on any atom is -0.461 e. The van der Waals surface area contributed by atoms with Crippen LogP contribution in [-0.4, -0.2) is 45.2 Å². The van der Waals surface area contributed by atoms with Gasteiger partial charge in [0.25, 0.3) is 5.56 Å². The van der Waals surface area contributed by atoms with E-state index in [0.717, 1.165) is 36.2 Å². The van der Waals surface area contributed by atoms with E-state index in [1.54, 1.807) is 6.92 Å². The molecule has 2 aliphatic heterocycles. The zero-order chi connectivity index (χ0) is 23.2. The maximum atomic E-state index is 13.6. The van der Waals surface area contributed by atoms with Crippen molar-refractivity contribution in [2.24, 2.45) is 11.8 Å². The van der Waals surface area contributed by atoms with Crippen molar-refractivity contribution in [3.63, 3.8) is 0 Å². The van der Waals surface area contributed by atoms with Crippen molar-refractivity contribution in [3.8, 4) is 0 Å². The molecule has 0 amide bonds. The Morgan fingerprint density at radius 1 is 0.912 bits per heavy atom. The van der Waals surface area contributed by atoms with Crippen LogP contribution in [-0.2, 0) is 4.74 Å². The predicted molar refractivity (Wildman–Crippen MR) is 132 cm³/mol. The SMILES string of the molecule is CCOC(=O)c1nc2ccccc2n(C2CC3CCC[C@H](C2)N3C2CC3CCCC(C3)C2)c1=O. The van der Waals surface area contributed by atoms with E-state index in [9.17, 15) is 9.59 Å². The van der Waals surface area contributed by atoms with Crippen LogP contribution in [0.25, 0.3) is 11.0 Å². The maximum Gasteiger partial charge on any atom is 0.362 e. The van der Waals surface area contributed by atoms with E-state index in [2.05, 4.69) is 9.88 Å². The molecule has 4 unspecified atom stereocenters. The molecule has 2 saturated carbocycles. The summed E-state index contributed by atoms with van der Waals surface area (Å²) in [5, 5.41) is 0. The lowest BCUT2D eigenvalue weighted by Crippen LogP contribution is -2.58. The van der Waals surface area contributed by atoms with Gasteiger partial charge in [0.15, 0.2) is 0 Å². The van der Waals surface area contributed by atoms with Crippen molar-refractivity contribution in [1.82, 2.24) is 14.5 Å². The first kappa shape index (κ1) is 22.3. The number of fused-ring (bicyclic) bond motifs is 5. The molecule has 3 heterocycles. The molecule has 2 aliphatic carbocycles. The number of esters is 1. The van der Waals surface area contributed by atoms with Crippen LogP contribution >= 0.6 is 0 Å². The monoisotopic (exact) mass is 463 g/mol. The lowest BCUT2D eigenvalue weighted by molar-refractivity contribution is -0.0486. The predicted octanol–water partition coefficient (Wildman–Crippen LogP) is 5.10. The van der Waals surface area contributed by atoms with Crippen LogP contribution in [0.1, 0.15) is 94.1 Å². The van der Waals surface area contributed by atoms with Gasteiger partial charge in [0.1, 0.15) is 0 Å². The van der Waals surface area contributed by atoms with Crippen molar-refractivity contribution in [2.45, 2.75) is 102 Å². The molecule has 1 aromatic carbocycles. The number of nitrogens with zero attached hydrogens (tertiary/aromatic N) is 3. The van der Waals surface area contributed by atoms with Gasteiger partial charge >= 0.3 is 5.97 Å². The average molecular weight is 464 g/mol. The smallest absolute Gasteiger partial charge is 0.362 e. The quantitative estimate of drug-likeness (QED) is 0.590. The highest BCUT2D eigenvalue weighted by Crippen LogP contribution is 2.47. The van der Waals surface area contributed by atoms with Gasteiger partial charge in [-0.3, -0.25) is 9.69 Å². The molecule has 4 fully saturated rings. The first-order chi connectivity index (χ1) is 16.6. The zero-order valence-electron chi connectivity index (χ0n) is 20.3. The molecular formula is C28H37N3O3. The van der Waals surface area contributed by atoms with Crippen molar-refractivity contribution < 1.29 is 9.53 Å². The number of carbonyl (C=O) groups is 1. The molecule has 6 rings (SSSR count). The number of ether oxygens (including phenoxy) is 1. The van der Waals surface area contributed by atoms with Crippen molar-refractivity contribution in [3.05, 3.63) is 40.3 Å². The summed E-state index contributed by atoms with van der Waals surface area (Å²) in [6.45, 7) is 1.99. The van der Waals surface area contributed by atoms with Gasteiger partial charge in [-0.1, -0.05) is 37.8 Å². The number of aromatic nitrogens is 2. The maximum absolute atomic E-state index is 13.6. The Hall–Kier alpha value is -2.21. The standard InChI is InChI=1S/C28H37N3O3/c1-2-34-28(33)26-27(32)31(25-12-4-3-11-24(25)29-26)23-16-20-9-6-10-21(17-23)30(20)22-14-18-7-5-8-19(13-18)15-22/h3-4,11-12,18-23H,2,5-10,13-17H2,1H3/t18?,19?,20-,21?,22?,23?/m1/s1. The van der Waals surface area contributed by atoms with Crippen molar-refractivity contribution >= 4 is 17.0 Å². The van der Waals surface area contributed by atoms with E-state index < -0.39 is 5.97 Å². The van der Waals surface area contributed by atoms with Crippen LogP contribution in [0.5, 0.6) is 0 Å². The Kier molecular flexibility index (Phi) is 5.96. The zero-order valence-corrected chi connectivity index (χ0v) is 20.3.